The Morgan fingerprint density at radius 1 is 1.25 bits per heavy atom. The van der Waals surface area contributed by atoms with Gasteiger partial charge < -0.3 is 5.32 Å². The van der Waals surface area contributed by atoms with E-state index in [2.05, 4.69) is 38.7 Å². The highest BCUT2D eigenvalue weighted by molar-refractivity contribution is 5.98. The number of hydrogen-bond acceptors (Lipinski definition) is 3. The molecule has 0 bridgehead atoms. The number of nitriles is 1. The molecule has 0 aliphatic heterocycles. The highest BCUT2D eigenvalue weighted by Crippen LogP contribution is 2.19. The maximum Gasteiger partial charge on any atom is 0.127 e. The molecule has 0 aromatic heterocycles. The first-order chi connectivity index (χ1) is 15.2. The second-order valence-electron chi connectivity index (χ2n) is 8.55. The highest BCUT2D eigenvalue weighted by Gasteiger charge is 2.15. The summed E-state index contributed by atoms with van der Waals surface area (Å²) in [4.78, 5) is 4.71. The topological polar surface area (TPSA) is 48.2 Å². The third-order valence-electron chi connectivity index (χ3n) is 4.99. The summed E-state index contributed by atoms with van der Waals surface area (Å²) < 4.78 is 14.1. The summed E-state index contributed by atoms with van der Waals surface area (Å²) in [6.07, 6.45) is 13.0. The van der Waals surface area contributed by atoms with Crippen LogP contribution in [0.3, 0.4) is 0 Å². The van der Waals surface area contributed by atoms with E-state index in [1.807, 2.05) is 51.2 Å². The minimum absolute atomic E-state index is 0.0229. The van der Waals surface area contributed by atoms with Crippen LogP contribution in [0.1, 0.15) is 59.1 Å². The fourth-order valence-corrected chi connectivity index (χ4v) is 3.10. The first-order valence-corrected chi connectivity index (χ1v) is 10.9. The molecule has 0 amide bonds. The molecule has 0 atom stereocenters. The number of aliphatic imine (C=N–C) groups is 1. The minimum atomic E-state index is -0.326. The molecule has 1 aromatic rings. The van der Waals surface area contributed by atoms with Crippen molar-refractivity contribution in [1.29, 1.82) is 5.26 Å². The third kappa shape index (κ3) is 8.51. The Bertz CT molecular complexity index is 977. The van der Waals surface area contributed by atoms with E-state index in [-0.39, 0.29) is 11.2 Å². The second kappa shape index (κ2) is 13.3. The van der Waals surface area contributed by atoms with Gasteiger partial charge in [-0.05, 0) is 57.4 Å². The number of halogens is 1. The summed E-state index contributed by atoms with van der Waals surface area (Å²) in [5.41, 5.74) is 4.87. The molecule has 0 heterocycles. The lowest BCUT2D eigenvalue weighted by Crippen LogP contribution is -2.22. The Morgan fingerprint density at radius 2 is 1.97 bits per heavy atom. The zero-order valence-electron chi connectivity index (χ0n) is 20.3. The molecule has 4 heteroatoms. The Morgan fingerprint density at radius 3 is 2.53 bits per heavy atom. The average molecular weight is 434 g/mol. The molecule has 0 fully saturated rings. The largest absolute Gasteiger partial charge is 0.366 e. The van der Waals surface area contributed by atoms with E-state index in [9.17, 15) is 9.65 Å². The molecule has 0 saturated heterocycles. The van der Waals surface area contributed by atoms with Gasteiger partial charge in [-0.2, -0.15) is 5.26 Å². The van der Waals surface area contributed by atoms with Gasteiger partial charge in [0, 0.05) is 22.4 Å². The number of hydrogen-bond donors (Lipinski definition) is 1. The van der Waals surface area contributed by atoms with E-state index in [4.69, 9.17) is 4.99 Å². The van der Waals surface area contributed by atoms with Crippen LogP contribution in [0.5, 0.6) is 0 Å². The van der Waals surface area contributed by atoms with Crippen molar-refractivity contribution >= 4 is 5.71 Å². The van der Waals surface area contributed by atoms with Crippen LogP contribution in [0, 0.1) is 22.6 Å². The van der Waals surface area contributed by atoms with Crippen molar-refractivity contribution < 1.29 is 4.39 Å². The second-order valence-corrected chi connectivity index (χ2v) is 8.55. The lowest BCUT2D eigenvalue weighted by molar-refractivity contribution is 0.589. The molecule has 0 aliphatic rings. The van der Waals surface area contributed by atoms with Crippen LogP contribution >= 0.6 is 0 Å². The van der Waals surface area contributed by atoms with Gasteiger partial charge in [-0.3, -0.25) is 4.99 Å². The summed E-state index contributed by atoms with van der Waals surface area (Å²) in [5.74, 6) is -0.326. The molecule has 170 valence electrons. The number of allylic oxidation sites excluding steroid dienone is 7. The molecular formula is C28H36FN3. The van der Waals surface area contributed by atoms with Crippen LogP contribution in [0.2, 0.25) is 0 Å². The molecule has 32 heavy (non-hydrogen) atoms. The van der Waals surface area contributed by atoms with Gasteiger partial charge in [-0.25, -0.2) is 4.39 Å². The molecule has 0 unspecified atom stereocenters. The molecule has 0 saturated carbocycles. The Hall–Kier alpha value is -3.19. The zero-order valence-corrected chi connectivity index (χ0v) is 20.3. The van der Waals surface area contributed by atoms with Crippen molar-refractivity contribution in [1.82, 2.24) is 5.32 Å². The summed E-state index contributed by atoms with van der Waals surface area (Å²) in [7, 11) is 0. The van der Waals surface area contributed by atoms with E-state index in [0.717, 1.165) is 22.6 Å². The van der Waals surface area contributed by atoms with Crippen molar-refractivity contribution in [3.63, 3.8) is 0 Å². The Kier molecular flexibility index (Phi) is 11.1. The van der Waals surface area contributed by atoms with Gasteiger partial charge in [-0.1, -0.05) is 69.4 Å². The van der Waals surface area contributed by atoms with Gasteiger partial charge in [0.05, 0.1) is 11.6 Å². The summed E-state index contributed by atoms with van der Waals surface area (Å²) in [5, 5.41) is 12.6. The van der Waals surface area contributed by atoms with Crippen LogP contribution in [-0.2, 0) is 6.42 Å². The number of rotatable bonds is 10. The fourth-order valence-electron chi connectivity index (χ4n) is 3.10. The highest BCUT2D eigenvalue weighted by atomic mass is 19.1. The summed E-state index contributed by atoms with van der Waals surface area (Å²) >= 11 is 0. The van der Waals surface area contributed by atoms with Gasteiger partial charge in [-0.15, -0.1) is 0 Å². The van der Waals surface area contributed by atoms with E-state index < -0.39 is 0 Å². The van der Waals surface area contributed by atoms with Crippen LogP contribution in [-0.4, -0.2) is 12.4 Å². The number of nitrogens with zero attached hydrogens (tertiary/aromatic N) is 2. The van der Waals surface area contributed by atoms with Crippen LogP contribution in [0.25, 0.3) is 0 Å². The molecular weight excluding hydrogens is 397 g/mol. The first-order valence-electron chi connectivity index (χ1n) is 10.9. The molecule has 0 spiro atoms. The standard InChI is InChI=1S/C28H36FN3/c1-8-12-27(28(5,6)7)32-20-31-26(10-3)22(9-2)17-15-21(4)16-18-24-23(19-30)13-11-14-25(24)29/h8-15,17,31H,2,16,18,20H2,1,3-7H3/b12-8-,21-15-,22-17+,26-10-,32-27+. The van der Waals surface area contributed by atoms with Crippen molar-refractivity contribution in [3.8, 4) is 6.07 Å². The Balaban J connectivity index is 2.90. The fraction of sp³-hybridized carbons (Fsp3) is 0.357. The summed E-state index contributed by atoms with van der Waals surface area (Å²) in [6.45, 7) is 16.8. The maximum atomic E-state index is 14.1. The van der Waals surface area contributed by atoms with Crippen LogP contribution in [0.4, 0.5) is 4.39 Å². The Labute approximate surface area is 193 Å². The third-order valence-corrected chi connectivity index (χ3v) is 4.99. The van der Waals surface area contributed by atoms with E-state index >= 15 is 0 Å². The van der Waals surface area contributed by atoms with Gasteiger partial charge in [0.15, 0.2) is 0 Å². The molecule has 0 radical (unpaired) electrons. The van der Waals surface area contributed by atoms with Crippen molar-refractivity contribution in [2.75, 3.05) is 6.67 Å². The van der Waals surface area contributed by atoms with E-state index in [1.54, 1.807) is 18.2 Å². The predicted molar refractivity (Wildman–Crippen MR) is 135 cm³/mol. The smallest absolute Gasteiger partial charge is 0.127 e. The number of benzene rings is 1. The van der Waals surface area contributed by atoms with E-state index in [0.29, 0.717) is 30.6 Å². The van der Waals surface area contributed by atoms with Gasteiger partial charge in [0.2, 0.25) is 0 Å². The molecule has 1 aromatic carbocycles. The molecule has 1 rings (SSSR count). The first kappa shape index (κ1) is 26.8. The van der Waals surface area contributed by atoms with Gasteiger partial charge in [0.1, 0.15) is 12.5 Å². The zero-order chi connectivity index (χ0) is 24.1. The van der Waals surface area contributed by atoms with Crippen LogP contribution in [0.15, 0.2) is 83.1 Å². The van der Waals surface area contributed by atoms with Crippen molar-refractivity contribution in [3.05, 3.63) is 95.0 Å². The minimum Gasteiger partial charge on any atom is -0.366 e. The average Bonchev–Trinajstić information content (AvgIpc) is 2.75. The monoisotopic (exact) mass is 433 g/mol. The lowest BCUT2D eigenvalue weighted by atomic mass is 9.89. The molecule has 0 aliphatic carbocycles. The molecule has 1 N–H and O–H groups in total. The van der Waals surface area contributed by atoms with Crippen LogP contribution < -0.4 is 5.32 Å². The van der Waals surface area contributed by atoms with Gasteiger partial charge in [0.25, 0.3) is 0 Å². The number of nitrogens with one attached hydrogen (secondary N) is 1. The molecule has 3 nitrogen and oxygen atoms in total. The lowest BCUT2D eigenvalue weighted by Gasteiger charge is -2.19. The SMILES string of the molecule is C=CC(=C\C=C(\C)CCc1c(F)cccc1C#N)/C(=C/C)NC/N=C(\C=C/C)C(C)(C)C. The maximum absolute atomic E-state index is 14.1. The normalized spacial score (nSPS) is 13.9. The van der Waals surface area contributed by atoms with E-state index in [1.165, 1.54) is 6.07 Å². The summed E-state index contributed by atoms with van der Waals surface area (Å²) in [6, 6.07) is 6.69. The van der Waals surface area contributed by atoms with Gasteiger partial charge >= 0.3 is 0 Å². The van der Waals surface area contributed by atoms with Crippen molar-refractivity contribution in [2.45, 2.75) is 54.4 Å². The van der Waals surface area contributed by atoms with Crippen molar-refractivity contribution in [2.24, 2.45) is 10.4 Å². The quantitative estimate of drug-likeness (QED) is 0.313. The predicted octanol–water partition coefficient (Wildman–Crippen LogP) is 7.20.